The molecule has 2 heterocycles. The molecule has 0 saturated carbocycles. The van der Waals surface area contributed by atoms with E-state index in [-0.39, 0.29) is 29.9 Å². The second kappa shape index (κ2) is 11.6. The molecule has 0 radical (unpaired) electrons. The summed E-state index contributed by atoms with van der Waals surface area (Å²) in [5.74, 6) is 2.91. The number of carbonyl (C=O) groups is 1. The molecule has 0 spiro atoms. The van der Waals surface area contributed by atoms with Crippen LogP contribution in [0.3, 0.4) is 0 Å². The van der Waals surface area contributed by atoms with E-state index in [1.165, 1.54) is 18.4 Å². The zero-order chi connectivity index (χ0) is 20.8. The number of halogens is 1. The van der Waals surface area contributed by atoms with E-state index >= 15 is 0 Å². The summed E-state index contributed by atoms with van der Waals surface area (Å²) >= 11 is 0. The summed E-state index contributed by atoms with van der Waals surface area (Å²) in [6, 6.07) is 4.01. The number of amides is 1. The number of nitrogens with zero attached hydrogens (tertiary/aromatic N) is 3. The maximum atomic E-state index is 12.7. The predicted molar refractivity (Wildman–Crippen MR) is 130 cm³/mol. The lowest BCUT2D eigenvalue weighted by molar-refractivity contribution is -0.132. The van der Waals surface area contributed by atoms with E-state index in [1.54, 1.807) is 14.2 Å². The Morgan fingerprint density at radius 1 is 1.17 bits per heavy atom. The van der Waals surface area contributed by atoms with Crippen molar-refractivity contribution in [2.24, 2.45) is 16.6 Å². The molecule has 1 fully saturated rings. The smallest absolute Gasteiger partial charge is 0.222 e. The summed E-state index contributed by atoms with van der Waals surface area (Å²) in [6.07, 6.45) is 4.48. The molecule has 2 aliphatic rings. The fraction of sp³-hybridized carbons (Fsp3) is 0.636. The number of carbonyl (C=O) groups excluding carboxylic acids is 1. The molecule has 7 nitrogen and oxygen atoms in total. The Balaban J connectivity index is 0.00000320. The van der Waals surface area contributed by atoms with Crippen molar-refractivity contribution in [3.05, 3.63) is 23.3 Å². The molecule has 0 aliphatic carbocycles. The highest BCUT2D eigenvalue weighted by molar-refractivity contribution is 14.0. The molecule has 1 saturated heterocycles. The minimum atomic E-state index is 0. The Morgan fingerprint density at radius 2 is 1.87 bits per heavy atom. The number of ether oxygens (including phenoxy) is 2. The van der Waals surface area contributed by atoms with Crippen molar-refractivity contribution >= 4 is 35.8 Å². The number of guanidine groups is 1. The first-order valence-electron chi connectivity index (χ1n) is 10.6. The molecule has 0 aromatic heterocycles. The molecule has 2 aliphatic heterocycles. The molecule has 0 bridgehead atoms. The first-order chi connectivity index (χ1) is 14.0. The van der Waals surface area contributed by atoms with Crippen molar-refractivity contribution in [2.45, 2.75) is 45.6 Å². The lowest BCUT2D eigenvalue weighted by Gasteiger charge is -2.31. The first kappa shape index (κ1) is 24.6. The van der Waals surface area contributed by atoms with Gasteiger partial charge in [0.05, 0.1) is 14.2 Å². The van der Waals surface area contributed by atoms with Crippen LogP contribution < -0.4 is 15.2 Å². The quantitative estimate of drug-likeness (QED) is 0.265. The van der Waals surface area contributed by atoms with Gasteiger partial charge in [0.1, 0.15) is 0 Å². The number of benzene rings is 1. The molecule has 1 unspecified atom stereocenters. The normalized spacial score (nSPS) is 19.0. The average Bonchev–Trinajstić information content (AvgIpc) is 2.74. The van der Waals surface area contributed by atoms with E-state index in [0.29, 0.717) is 37.1 Å². The number of methoxy groups -OCH3 is 2. The van der Waals surface area contributed by atoms with E-state index in [4.69, 9.17) is 15.2 Å². The fourth-order valence-corrected chi connectivity index (χ4v) is 4.18. The maximum Gasteiger partial charge on any atom is 0.222 e. The minimum absolute atomic E-state index is 0. The van der Waals surface area contributed by atoms with Crippen molar-refractivity contribution in [1.82, 2.24) is 9.80 Å². The van der Waals surface area contributed by atoms with E-state index < -0.39 is 0 Å². The highest BCUT2D eigenvalue weighted by atomic mass is 127. The van der Waals surface area contributed by atoms with Crippen LogP contribution in [0.4, 0.5) is 0 Å². The number of hydrogen-bond donors (Lipinski definition) is 1. The topological polar surface area (TPSA) is 80.4 Å². The third-order valence-electron chi connectivity index (χ3n) is 5.87. The predicted octanol–water partition coefficient (Wildman–Crippen LogP) is 3.03. The van der Waals surface area contributed by atoms with Gasteiger partial charge in [-0.3, -0.25) is 9.79 Å². The van der Waals surface area contributed by atoms with Crippen LogP contribution in [0.2, 0.25) is 0 Å². The highest BCUT2D eigenvalue weighted by Crippen LogP contribution is 2.33. The van der Waals surface area contributed by atoms with Gasteiger partial charge in [-0.15, -0.1) is 24.0 Å². The van der Waals surface area contributed by atoms with Crippen LogP contribution in [0.15, 0.2) is 17.1 Å². The lowest BCUT2D eigenvalue weighted by Crippen LogP contribution is -2.43. The molecule has 8 heteroatoms. The molecule has 2 N–H and O–H groups in total. The van der Waals surface area contributed by atoms with Crippen LogP contribution in [0, 0.1) is 5.92 Å². The number of hydrogen-bond acceptors (Lipinski definition) is 4. The zero-order valence-corrected chi connectivity index (χ0v) is 20.7. The SMILES string of the molecule is COc1cc2c(cc1OC)CN(C(=O)CCCN=C(N)N1CCCC(C)C1)CC2.I. The van der Waals surface area contributed by atoms with Gasteiger partial charge in [0, 0.05) is 39.1 Å². The molecular formula is C22H35IN4O3. The molecular weight excluding hydrogens is 495 g/mol. The van der Waals surface area contributed by atoms with Gasteiger partial charge in [-0.25, -0.2) is 0 Å². The Hall–Kier alpha value is -1.71. The number of piperidine rings is 1. The van der Waals surface area contributed by atoms with Crippen molar-refractivity contribution in [3.8, 4) is 11.5 Å². The van der Waals surface area contributed by atoms with Gasteiger partial charge in [0.25, 0.3) is 0 Å². The Labute approximate surface area is 197 Å². The zero-order valence-electron chi connectivity index (χ0n) is 18.4. The Kier molecular flexibility index (Phi) is 9.51. The van der Waals surface area contributed by atoms with Crippen molar-refractivity contribution in [3.63, 3.8) is 0 Å². The average molecular weight is 530 g/mol. The summed E-state index contributed by atoms with van der Waals surface area (Å²) < 4.78 is 10.8. The van der Waals surface area contributed by atoms with Gasteiger partial charge in [0.2, 0.25) is 5.91 Å². The van der Waals surface area contributed by atoms with E-state index in [2.05, 4.69) is 16.8 Å². The molecule has 3 rings (SSSR count). The summed E-state index contributed by atoms with van der Waals surface area (Å²) in [5.41, 5.74) is 8.48. The van der Waals surface area contributed by atoms with Gasteiger partial charge in [-0.1, -0.05) is 6.92 Å². The van der Waals surface area contributed by atoms with Crippen LogP contribution in [0.25, 0.3) is 0 Å². The summed E-state index contributed by atoms with van der Waals surface area (Å²) in [7, 11) is 3.27. The summed E-state index contributed by atoms with van der Waals surface area (Å²) in [6.45, 7) is 6.16. The minimum Gasteiger partial charge on any atom is -0.493 e. The summed E-state index contributed by atoms with van der Waals surface area (Å²) in [5, 5.41) is 0. The van der Waals surface area contributed by atoms with Gasteiger partial charge in [-0.05, 0) is 54.9 Å². The molecule has 1 amide bonds. The van der Waals surface area contributed by atoms with Gasteiger partial charge >= 0.3 is 0 Å². The van der Waals surface area contributed by atoms with Crippen LogP contribution in [-0.2, 0) is 17.8 Å². The molecule has 30 heavy (non-hydrogen) atoms. The monoisotopic (exact) mass is 530 g/mol. The second-order valence-electron chi connectivity index (χ2n) is 8.08. The number of aliphatic imine (C=N–C) groups is 1. The van der Waals surface area contributed by atoms with Gasteiger partial charge < -0.3 is 25.0 Å². The van der Waals surface area contributed by atoms with Crippen LogP contribution in [0.1, 0.15) is 43.7 Å². The van der Waals surface area contributed by atoms with Crippen LogP contribution in [0.5, 0.6) is 11.5 Å². The van der Waals surface area contributed by atoms with Gasteiger partial charge in [0.15, 0.2) is 17.5 Å². The molecule has 1 aromatic rings. The molecule has 1 aromatic carbocycles. The van der Waals surface area contributed by atoms with E-state index in [1.807, 2.05) is 17.0 Å². The number of rotatable bonds is 6. The Morgan fingerprint density at radius 3 is 2.53 bits per heavy atom. The number of likely N-dealkylation sites (tertiary alicyclic amines) is 1. The number of nitrogens with two attached hydrogens (primary N) is 1. The largest absolute Gasteiger partial charge is 0.493 e. The third-order valence-corrected chi connectivity index (χ3v) is 5.87. The van der Waals surface area contributed by atoms with Crippen LogP contribution >= 0.6 is 24.0 Å². The second-order valence-corrected chi connectivity index (χ2v) is 8.08. The third kappa shape index (κ3) is 6.15. The van der Waals surface area contributed by atoms with Crippen molar-refractivity contribution in [1.29, 1.82) is 0 Å². The highest BCUT2D eigenvalue weighted by Gasteiger charge is 2.22. The fourth-order valence-electron chi connectivity index (χ4n) is 4.18. The van der Waals surface area contributed by atoms with Crippen LogP contribution in [-0.4, -0.2) is 62.1 Å². The van der Waals surface area contributed by atoms with Crippen molar-refractivity contribution < 1.29 is 14.3 Å². The lowest BCUT2D eigenvalue weighted by atomic mass is 9.98. The standard InChI is InChI=1S/C22H34N4O3.HI/c1-16-6-5-10-26(14-16)22(23)24-9-4-7-21(27)25-11-8-17-12-19(28-2)20(29-3)13-18(17)15-25;/h12-13,16H,4-11,14-15H2,1-3H3,(H2,23,24);1H. The van der Waals surface area contributed by atoms with E-state index in [9.17, 15) is 4.79 Å². The van der Waals surface area contributed by atoms with E-state index in [0.717, 1.165) is 43.8 Å². The van der Waals surface area contributed by atoms with Gasteiger partial charge in [-0.2, -0.15) is 0 Å². The molecule has 168 valence electrons. The Bertz CT molecular complexity index is 756. The first-order valence-corrected chi connectivity index (χ1v) is 10.6. The summed E-state index contributed by atoms with van der Waals surface area (Å²) in [4.78, 5) is 21.2. The molecule has 1 atom stereocenters. The number of fused-ring (bicyclic) bond motifs is 1. The van der Waals surface area contributed by atoms with Crippen molar-refractivity contribution in [2.75, 3.05) is 40.4 Å². The maximum absolute atomic E-state index is 12.7.